The van der Waals surface area contributed by atoms with Crippen LogP contribution in [0.5, 0.6) is 11.5 Å². The average molecular weight is 543 g/mol. The van der Waals surface area contributed by atoms with Crippen LogP contribution in [-0.4, -0.2) is 34.5 Å². The molecule has 3 heterocycles. The molecule has 0 saturated carbocycles. The second kappa shape index (κ2) is 9.67. The zero-order valence-corrected chi connectivity index (χ0v) is 21.7. The normalized spacial score (nSPS) is 19.8. The Balaban J connectivity index is 1.50. The van der Waals surface area contributed by atoms with Crippen molar-refractivity contribution in [3.05, 3.63) is 101 Å². The fourth-order valence-corrected chi connectivity index (χ4v) is 5.98. The Morgan fingerprint density at radius 2 is 2.00 bits per heavy atom. The number of aromatic nitrogens is 1. The van der Waals surface area contributed by atoms with E-state index in [2.05, 4.69) is 11.6 Å². The van der Waals surface area contributed by atoms with Crippen molar-refractivity contribution in [2.24, 2.45) is 0 Å². The summed E-state index contributed by atoms with van der Waals surface area (Å²) in [5, 5.41) is 11.7. The van der Waals surface area contributed by atoms with Crippen LogP contribution in [0.25, 0.3) is 16.0 Å². The molecule has 7 nitrogen and oxygen atoms in total. The Morgan fingerprint density at radius 3 is 2.77 bits per heavy atom. The summed E-state index contributed by atoms with van der Waals surface area (Å²) in [5.74, 6) is -1.07. The van der Waals surface area contributed by atoms with Crippen molar-refractivity contribution in [2.45, 2.75) is 25.5 Å². The maximum Gasteiger partial charge on any atom is 0.301 e. The van der Waals surface area contributed by atoms with E-state index in [4.69, 9.17) is 9.47 Å². The quantitative estimate of drug-likeness (QED) is 0.140. The molecule has 0 aliphatic carbocycles. The molecule has 1 amide bonds. The average Bonchev–Trinajstić information content (AvgIpc) is 3.59. The standard InChI is InChI=1S/C30H23FN2O5S/c1-3-12-37-21-8-4-17(5-9-21)26-25(27(34)18-6-11-23-19(14-18)13-16(2)38-23)28(35)29(36)33(26)30-32-22-10-7-20(31)15-24(22)39-30/h3-11,14-16,26,34H,1,12-13H2,2H3/t16-,26+/m1/s1. The van der Waals surface area contributed by atoms with Crippen LogP contribution in [0.2, 0.25) is 0 Å². The third-order valence-corrected chi connectivity index (χ3v) is 7.74. The molecule has 39 heavy (non-hydrogen) atoms. The molecule has 1 saturated heterocycles. The highest BCUT2D eigenvalue weighted by atomic mass is 32.1. The summed E-state index contributed by atoms with van der Waals surface area (Å²) in [4.78, 5) is 32.8. The molecule has 2 aliphatic rings. The Kier molecular flexibility index (Phi) is 6.15. The van der Waals surface area contributed by atoms with E-state index in [1.165, 1.54) is 23.1 Å². The van der Waals surface area contributed by atoms with Crippen molar-refractivity contribution in [1.82, 2.24) is 4.98 Å². The van der Waals surface area contributed by atoms with Crippen molar-refractivity contribution in [2.75, 3.05) is 11.5 Å². The van der Waals surface area contributed by atoms with Gasteiger partial charge in [0.05, 0.1) is 21.8 Å². The van der Waals surface area contributed by atoms with Crippen molar-refractivity contribution >= 4 is 44.1 Å². The van der Waals surface area contributed by atoms with Crippen LogP contribution in [0, 0.1) is 5.82 Å². The van der Waals surface area contributed by atoms with Crippen molar-refractivity contribution in [3.8, 4) is 11.5 Å². The summed E-state index contributed by atoms with van der Waals surface area (Å²) >= 11 is 1.10. The van der Waals surface area contributed by atoms with Crippen molar-refractivity contribution < 1.29 is 28.6 Å². The molecule has 1 aromatic heterocycles. The van der Waals surface area contributed by atoms with Crippen LogP contribution in [0.1, 0.15) is 29.7 Å². The molecule has 0 radical (unpaired) electrons. The van der Waals surface area contributed by atoms with E-state index in [0.717, 1.165) is 22.6 Å². The number of aliphatic hydroxyl groups is 1. The minimum absolute atomic E-state index is 0.00803. The summed E-state index contributed by atoms with van der Waals surface area (Å²) < 4.78 is 25.8. The molecule has 2 atom stereocenters. The molecule has 1 fully saturated rings. The number of rotatable bonds is 6. The first-order valence-electron chi connectivity index (χ1n) is 12.3. The molecule has 1 N–H and O–H groups in total. The second-order valence-corrected chi connectivity index (χ2v) is 10.4. The number of hydrogen-bond acceptors (Lipinski definition) is 7. The first-order valence-corrected chi connectivity index (χ1v) is 13.2. The highest BCUT2D eigenvalue weighted by Gasteiger charge is 2.48. The van der Waals surface area contributed by atoms with E-state index < -0.39 is 23.5 Å². The van der Waals surface area contributed by atoms with Crippen LogP contribution < -0.4 is 14.4 Å². The number of Topliss-reactive ketones (excluding diaryl/α,β-unsaturated/α-hetero) is 1. The summed E-state index contributed by atoms with van der Waals surface area (Å²) in [6, 6.07) is 15.3. The number of nitrogens with zero attached hydrogens (tertiary/aromatic N) is 2. The number of ether oxygens (including phenoxy) is 2. The number of carbonyl (C=O) groups excluding carboxylic acids is 2. The van der Waals surface area contributed by atoms with Crippen LogP contribution in [-0.2, 0) is 16.0 Å². The maximum absolute atomic E-state index is 13.9. The molecular weight excluding hydrogens is 519 g/mol. The molecule has 3 aromatic carbocycles. The van der Waals surface area contributed by atoms with E-state index in [0.29, 0.717) is 40.1 Å². The van der Waals surface area contributed by atoms with Gasteiger partial charge < -0.3 is 14.6 Å². The van der Waals surface area contributed by atoms with Gasteiger partial charge in [0.2, 0.25) is 0 Å². The predicted octanol–water partition coefficient (Wildman–Crippen LogP) is 5.95. The lowest BCUT2D eigenvalue weighted by molar-refractivity contribution is -0.132. The molecular formula is C30H23FN2O5S. The molecule has 2 aliphatic heterocycles. The molecule has 0 bridgehead atoms. The lowest BCUT2D eigenvalue weighted by Crippen LogP contribution is -2.29. The van der Waals surface area contributed by atoms with Crippen molar-refractivity contribution in [1.29, 1.82) is 0 Å². The summed E-state index contributed by atoms with van der Waals surface area (Å²) in [7, 11) is 0. The minimum Gasteiger partial charge on any atom is -0.507 e. The number of fused-ring (bicyclic) bond motifs is 2. The van der Waals surface area contributed by atoms with Gasteiger partial charge in [-0.3, -0.25) is 14.5 Å². The predicted molar refractivity (Wildman–Crippen MR) is 147 cm³/mol. The van der Waals surface area contributed by atoms with Gasteiger partial charge in [0.1, 0.15) is 35.8 Å². The molecule has 6 rings (SSSR count). The first-order chi connectivity index (χ1) is 18.8. The van der Waals surface area contributed by atoms with Gasteiger partial charge in [-0.05, 0) is 66.6 Å². The van der Waals surface area contributed by atoms with E-state index >= 15 is 0 Å². The summed E-state index contributed by atoms with van der Waals surface area (Å²) in [6.07, 6.45) is 2.30. The lowest BCUT2D eigenvalue weighted by atomic mass is 9.94. The molecule has 9 heteroatoms. The molecule has 196 valence electrons. The monoisotopic (exact) mass is 542 g/mol. The Bertz CT molecular complexity index is 1680. The molecule has 0 unspecified atom stereocenters. The topological polar surface area (TPSA) is 89.0 Å². The van der Waals surface area contributed by atoms with Gasteiger partial charge in [0, 0.05) is 12.0 Å². The molecule has 4 aromatic rings. The highest BCUT2D eigenvalue weighted by molar-refractivity contribution is 7.22. The van der Waals surface area contributed by atoms with Gasteiger partial charge in [-0.2, -0.15) is 0 Å². The zero-order chi connectivity index (χ0) is 27.3. The minimum atomic E-state index is -0.965. The van der Waals surface area contributed by atoms with Gasteiger partial charge in [-0.15, -0.1) is 0 Å². The number of anilines is 1. The van der Waals surface area contributed by atoms with E-state index in [-0.39, 0.29) is 22.6 Å². The number of thiazole rings is 1. The Hall–Kier alpha value is -4.50. The number of carbonyl (C=O) groups is 2. The Morgan fingerprint density at radius 1 is 1.21 bits per heavy atom. The smallest absolute Gasteiger partial charge is 0.301 e. The first kappa shape index (κ1) is 24.8. The fraction of sp³-hybridized carbons (Fsp3) is 0.167. The van der Waals surface area contributed by atoms with Gasteiger partial charge in [-0.25, -0.2) is 9.37 Å². The van der Waals surface area contributed by atoms with Crippen molar-refractivity contribution in [3.63, 3.8) is 0 Å². The second-order valence-electron chi connectivity index (χ2n) is 9.40. The number of ketones is 1. The van der Waals surface area contributed by atoms with Gasteiger partial charge >= 0.3 is 5.91 Å². The SMILES string of the molecule is C=CCOc1ccc([C@H]2C(=C(O)c3ccc4c(c3)C[C@@H](C)O4)C(=O)C(=O)N2c2nc3ccc(F)cc3s2)cc1. The largest absolute Gasteiger partial charge is 0.507 e. The van der Waals surface area contributed by atoms with Gasteiger partial charge in [0.25, 0.3) is 5.78 Å². The number of benzene rings is 3. The molecule has 0 spiro atoms. The van der Waals surface area contributed by atoms with Crippen LogP contribution >= 0.6 is 11.3 Å². The summed E-state index contributed by atoms with van der Waals surface area (Å²) in [5.41, 5.74) is 2.33. The zero-order valence-electron chi connectivity index (χ0n) is 20.9. The van der Waals surface area contributed by atoms with Crippen LogP contribution in [0.4, 0.5) is 9.52 Å². The number of halogens is 1. The number of hydrogen-bond donors (Lipinski definition) is 1. The van der Waals surface area contributed by atoms with Gasteiger partial charge in [-0.1, -0.05) is 36.1 Å². The maximum atomic E-state index is 13.9. The van der Waals surface area contributed by atoms with Crippen LogP contribution in [0.3, 0.4) is 0 Å². The van der Waals surface area contributed by atoms with Gasteiger partial charge in [0.15, 0.2) is 5.13 Å². The van der Waals surface area contributed by atoms with Crippen LogP contribution in [0.15, 0.2) is 78.9 Å². The highest BCUT2D eigenvalue weighted by Crippen LogP contribution is 2.45. The lowest BCUT2D eigenvalue weighted by Gasteiger charge is -2.23. The fourth-order valence-electron chi connectivity index (χ4n) is 4.96. The van der Waals surface area contributed by atoms with E-state index in [1.54, 1.807) is 48.5 Å². The Labute approximate surface area is 227 Å². The summed E-state index contributed by atoms with van der Waals surface area (Å²) in [6.45, 7) is 5.92. The third kappa shape index (κ3) is 4.34. The van der Waals surface area contributed by atoms with E-state index in [1.807, 2.05) is 6.92 Å². The number of amides is 1. The number of aliphatic hydroxyl groups excluding tert-OH is 1. The van der Waals surface area contributed by atoms with E-state index in [9.17, 15) is 19.1 Å². The third-order valence-electron chi connectivity index (χ3n) is 6.72.